The summed E-state index contributed by atoms with van der Waals surface area (Å²) in [6, 6.07) is 6.01. The van der Waals surface area contributed by atoms with Gasteiger partial charge in [-0.3, -0.25) is 9.36 Å². The molecule has 0 bridgehead atoms. The largest absolute Gasteiger partial charge is 0.368 e. The topological polar surface area (TPSA) is 67.2 Å². The Morgan fingerprint density at radius 1 is 1.00 bits per heavy atom. The van der Waals surface area contributed by atoms with Gasteiger partial charge in [-0.2, -0.15) is 0 Å². The van der Waals surface area contributed by atoms with Crippen molar-refractivity contribution in [2.75, 3.05) is 36.0 Å². The van der Waals surface area contributed by atoms with Gasteiger partial charge in [-0.05, 0) is 48.0 Å². The van der Waals surface area contributed by atoms with Gasteiger partial charge in [0, 0.05) is 50.3 Å². The lowest BCUT2D eigenvalue weighted by molar-refractivity contribution is 0.573. The molecule has 0 amide bonds. The number of hydrogen-bond acceptors (Lipinski definition) is 6. The fraction of sp³-hybridized carbons (Fsp3) is 0.368. The van der Waals surface area contributed by atoms with E-state index >= 15 is 0 Å². The Balaban J connectivity index is 1.53. The Hall–Kier alpha value is -2.48. The Kier molecular flexibility index (Phi) is 4.82. The average molecular weight is 429 g/mol. The molecule has 3 heterocycles. The second-order valence-electron chi connectivity index (χ2n) is 6.93. The second-order valence-corrected chi connectivity index (χ2v) is 7.84. The number of benzene rings is 1. The minimum atomic E-state index is 0.0127. The van der Waals surface area contributed by atoms with Crippen LogP contribution in [-0.2, 0) is 0 Å². The number of anilines is 2. The van der Waals surface area contributed by atoms with Crippen LogP contribution in [0.25, 0.3) is 10.9 Å². The van der Waals surface area contributed by atoms with Gasteiger partial charge in [-0.25, -0.2) is 15.0 Å². The molecule has 0 aliphatic carbocycles. The molecule has 1 aliphatic heterocycles. The number of fused-ring (bicyclic) bond motifs is 1. The Morgan fingerprint density at radius 3 is 2.33 bits per heavy atom. The number of piperazine rings is 1. The Labute approximate surface area is 165 Å². The van der Waals surface area contributed by atoms with E-state index in [1.807, 2.05) is 32.0 Å². The molecule has 1 saturated heterocycles. The van der Waals surface area contributed by atoms with Gasteiger partial charge in [0.15, 0.2) is 0 Å². The average Bonchev–Trinajstić information content (AvgIpc) is 2.68. The smallest absolute Gasteiger partial charge is 0.261 e. The summed E-state index contributed by atoms with van der Waals surface area (Å²) in [6.45, 7) is 7.40. The molecule has 8 heteroatoms. The van der Waals surface area contributed by atoms with Gasteiger partial charge in [0.25, 0.3) is 5.56 Å². The van der Waals surface area contributed by atoms with Gasteiger partial charge in [0.05, 0.1) is 21.7 Å². The molecule has 1 aliphatic rings. The number of hydrogen-bond donors (Lipinski definition) is 0. The molecule has 7 nitrogen and oxygen atoms in total. The minimum Gasteiger partial charge on any atom is -0.368 e. The molecule has 2 aromatic heterocycles. The third-order valence-electron chi connectivity index (χ3n) is 4.86. The van der Waals surface area contributed by atoms with E-state index < -0.39 is 0 Å². The summed E-state index contributed by atoms with van der Waals surface area (Å²) in [5, 5.41) is 0.664. The maximum atomic E-state index is 12.6. The normalized spacial score (nSPS) is 15.0. The molecule has 4 rings (SSSR count). The van der Waals surface area contributed by atoms with Crippen molar-refractivity contribution >= 4 is 38.5 Å². The van der Waals surface area contributed by atoms with Crippen molar-refractivity contribution in [1.29, 1.82) is 0 Å². The zero-order valence-electron chi connectivity index (χ0n) is 15.3. The standard InChI is InChI=1S/C19H21BrN6O/c1-13(2)26-12-23-17-9-15(3-4-16(17)18(26)27)24-5-7-25(8-6-24)19-21-10-14(20)11-22-19/h3-4,9-13H,5-8H2,1-2H3. The van der Waals surface area contributed by atoms with Crippen LogP contribution >= 0.6 is 15.9 Å². The highest BCUT2D eigenvalue weighted by molar-refractivity contribution is 9.10. The number of aromatic nitrogens is 4. The first-order valence-corrected chi connectivity index (χ1v) is 9.80. The van der Waals surface area contributed by atoms with Crippen LogP contribution in [0.1, 0.15) is 19.9 Å². The number of halogens is 1. The maximum Gasteiger partial charge on any atom is 0.261 e. The van der Waals surface area contributed by atoms with Crippen molar-refractivity contribution in [2.45, 2.75) is 19.9 Å². The lowest BCUT2D eigenvalue weighted by Crippen LogP contribution is -2.47. The van der Waals surface area contributed by atoms with Gasteiger partial charge >= 0.3 is 0 Å². The second kappa shape index (κ2) is 7.26. The van der Waals surface area contributed by atoms with Crippen molar-refractivity contribution in [3.05, 3.63) is 51.7 Å². The summed E-state index contributed by atoms with van der Waals surface area (Å²) in [7, 11) is 0. The first-order valence-electron chi connectivity index (χ1n) is 9.01. The number of rotatable bonds is 3. The minimum absolute atomic E-state index is 0.0127. The zero-order valence-corrected chi connectivity index (χ0v) is 16.9. The first kappa shape index (κ1) is 17.9. The molecule has 0 saturated carbocycles. The van der Waals surface area contributed by atoms with E-state index in [0.29, 0.717) is 5.39 Å². The van der Waals surface area contributed by atoms with Crippen molar-refractivity contribution in [3.63, 3.8) is 0 Å². The van der Waals surface area contributed by atoms with Gasteiger partial charge in [-0.1, -0.05) is 0 Å². The lowest BCUT2D eigenvalue weighted by Gasteiger charge is -2.36. The summed E-state index contributed by atoms with van der Waals surface area (Å²) >= 11 is 3.37. The van der Waals surface area contributed by atoms with E-state index in [-0.39, 0.29) is 11.6 Å². The van der Waals surface area contributed by atoms with Crippen molar-refractivity contribution < 1.29 is 0 Å². The quantitative estimate of drug-likeness (QED) is 0.638. The van der Waals surface area contributed by atoms with Crippen LogP contribution in [0.15, 0.2) is 46.2 Å². The Bertz CT molecular complexity index is 1010. The van der Waals surface area contributed by atoms with Crippen LogP contribution in [0.3, 0.4) is 0 Å². The van der Waals surface area contributed by atoms with Crippen LogP contribution < -0.4 is 15.4 Å². The first-order chi connectivity index (χ1) is 13.0. The van der Waals surface area contributed by atoms with Gasteiger partial charge in [0.2, 0.25) is 5.95 Å². The van der Waals surface area contributed by atoms with E-state index in [4.69, 9.17) is 0 Å². The molecule has 3 aromatic rings. The molecule has 0 atom stereocenters. The Morgan fingerprint density at radius 2 is 1.67 bits per heavy atom. The van der Waals surface area contributed by atoms with Gasteiger partial charge in [0.1, 0.15) is 0 Å². The molecule has 0 unspecified atom stereocenters. The lowest BCUT2D eigenvalue weighted by atomic mass is 10.2. The zero-order chi connectivity index (χ0) is 19.0. The fourth-order valence-electron chi connectivity index (χ4n) is 3.32. The van der Waals surface area contributed by atoms with Crippen LogP contribution in [0.5, 0.6) is 0 Å². The van der Waals surface area contributed by atoms with Crippen molar-refractivity contribution in [2.24, 2.45) is 0 Å². The highest BCUT2D eigenvalue weighted by atomic mass is 79.9. The SMILES string of the molecule is CC(C)n1cnc2cc(N3CCN(c4ncc(Br)cn4)CC3)ccc2c1=O. The number of nitrogens with zero attached hydrogens (tertiary/aromatic N) is 6. The molecule has 27 heavy (non-hydrogen) atoms. The summed E-state index contributed by atoms with van der Waals surface area (Å²) in [4.78, 5) is 30.3. The van der Waals surface area contributed by atoms with E-state index in [0.717, 1.165) is 47.8 Å². The van der Waals surface area contributed by atoms with Crippen LogP contribution in [0.2, 0.25) is 0 Å². The van der Waals surface area contributed by atoms with E-state index in [1.54, 1.807) is 23.3 Å². The molecule has 140 valence electrons. The van der Waals surface area contributed by atoms with E-state index in [9.17, 15) is 4.79 Å². The third kappa shape index (κ3) is 3.53. The maximum absolute atomic E-state index is 12.6. The van der Waals surface area contributed by atoms with Crippen molar-refractivity contribution in [3.8, 4) is 0 Å². The highest BCUT2D eigenvalue weighted by Gasteiger charge is 2.20. The predicted octanol–water partition coefficient (Wildman–Crippen LogP) is 2.86. The predicted molar refractivity (Wildman–Crippen MR) is 111 cm³/mol. The summed E-state index contributed by atoms with van der Waals surface area (Å²) in [6.07, 6.45) is 5.18. The summed E-state index contributed by atoms with van der Waals surface area (Å²) in [5.41, 5.74) is 1.85. The van der Waals surface area contributed by atoms with Crippen LogP contribution in [0.4, 0.5) is 11.6 Å². The third-order valence-corrected chi connectivity index (χ3v) is 5.27. The highest BCUT2D eigenvalue weighted by Crippen LogP contribution is 2.22. The van der Waals surface area contributed by atoms with Gasteiger partial charge < -0.3 is 9.80 Å². The summed E-state index contributed by atoms with van der Waals surface area (Å²) < 4.78 is 2.55. The van der Waals surface area contributed by atoms with Crippen LogP contribution in [-0.4, -0.2) is 45.7 Å². The summed E-state index contributed by atoms with van der Waals surface area (Å²) in [5.74, 6) is 0.757. The molecular weight excluding hydrogens is 408 g/mol. The van der Waals surface area contributed by atoms with Crippen molar-refractivity contribution in [1.82, 2.24) is 19.5 Å². The molecule has 1 aromatic carbocycles. The van der Waals surface area contributed by atoms with Gasteiger partial charge in [-0.15, -0.1) is 0 Å². The molecule has 1 fully saturated rings. The molecule has 0 N–H and O–H groups in total. The molecule has 0 radical (unpaired) electrons. The van der Waals surface area contributed by atoms with Crippen LogP contribution in [0, 0.1) is 0 Å². The van der Waals surface area contributed by atoms with E-state index in [1.165, 1.54) is 0 Å². The molecular formula is C19H21BrN6O. The fourth-order valence-corrected chi connectivity index (χ4v) is 3.53. The van der Waals surface area contributed by atoms with E-state index in [2.05, 4.69) is 40.7 Å². The monoisotopic (exact) mass is 428 g/mol. The molecule has 0 spiro atoms.